The van der Waals surface area contributed by atoms with E-state index in [1.807, 2.05) is 23.0 Å². The zero-order valence-corrected chi connectivity index (χ0v) is 16.3. The molecule has 0 radical (unpaired) electrons. The summed E-state index contributed by atoms with van der Waals surface area (Å²) in [4.78, 5) is 2.54. The summed E-state index contributed by atoms with van der Waals surface area (Å²) in [6.07, 6.45) is 7.05. The summed E-state index contributed by atoms with van der Waals surface area (Å²) < 4.78 is 27.8. The molecular formula is C18H23ClN4O2S. The number of nitrogens with one attached hydrogen (secondary N) is 1. The standard InChI is InChI=1S/C18H23ClN4O2S/c1-26(24,25)21-18-17(14-3-5-15(19)6-4-14)12-23(20-18)9-8-22-11-13-2-7-16(22)10-13/h3-6,12-13,16H,2,7-11H2,1H3,(H,20,21). The number of anilines is 1. The van der Waals surface area contributed by atoms with Crippen LogP contribution in [0.2, 0.25) is 5.02 Å². The van der Waals surface area contributed by atoms with Crippen molar-refractivity contribution in [2.24, 2.45) is 5.92 Å². The second kappa shape index (κ2) is 6.87. The fourth-order valence-electron chi connectivity index (χ4n) is 4.16. The Morgan fingerprint density at radius 2 is 2.00 bits per heavy atom. The number of piperidine rings is 1. The van der Waals surface area contributed by atoms with Gasteiger partial charge in [0.15, 0.2) is 5.82 Å². The lowest BCUT2D eigenvalue weighted by molar-refractivity contribution is 0.203. The van der Waals surface area contributed by atoms with Crippen LogP contribution in [0.25, 0.3) is 11.1 Å². The molecule has 26 heavy (non-hydrogen) atoms. The Morgan fingerprint density at radius 3 is 2.62 bits per heavy atom. The first-order chi connectivity index (χ1) is 12.4. The van der Waals surface area contributed by atoms with Gasteiger partial charge in [0.1, 0.15) is 0 Å². The first-order valence-corrected chi connectivity index (χ1v) is 11.2. The molecule has 1 aliphatic carbocycles. The fourth-order valence-corrected chi connectivity index (χ4v) is 4.79. The van der Waals surface area contributed by atoms with Crippen molar-refractivity contribution in [1.82, 2.24) is 14.7 Å². The third-order valence-corrected chi connectivity index (χ3v) is 6.15. The van der Waals surface area contributed by atoms with Crippen LogP contribution in [0.5, 0.6) is 0 Å². The SMILES string of the molecule is CS(=O)(=O)Nc1nn(CCN2CC3CCC2C3)cc1-c1ccc(Cl)cc1. The zero-order valence-electron chi connectivity index (χ0n) is 14.7. The number of nitrogens with zero attached hydrogens (tertiary/aromatic N) is 3. The second-order valence-corrected chi connectivity index (χ2v) is 9.55. The van der Waals surface area contributed by atoms with Crippen LogP contribution in [-0.2, 0) is 16.6 Å². The van der Waals surface area contributed by atoms with Crippen LogP contribution < -0.4 is 4.72 Å². The van der Waals surface area contributed by atoms with Gasteiger partial charge < -0.3 is 0 Å². The zero-order chi connectivity index (χ0) is 18.3. The number of aromatic nitrogens is 2. The van der Waals surface area contributed by atoms with Gasteiger partial charge >= 0.3 is 0 Å². The molecular weight excluding hydrogens is 372 g/mol. The van der Waals surface area contributed by atoms with E-state index in [1.54, 1.807) is 12.1 Å². The Morgan fingerprint density at radius 1 is 1.23 bits per heavy atom. The molecule has 4 rings (SSSR count). The summed E-state index contributed by atoms with van der Waals surface area (Å²) in [5.74, 6) is 1.22. The molecule has 1 aliphatic heterocycles. The molecule has 2 bridgehead atoms. The van der Waals surface area contributed by atoms with E-state index >= 15 is 0 Å². The van der Waals surface area contributed by atoms with Crippen molar-refractivity contribution in [1.29, 1.82) is 0 Å². The van der Waals surface area contributed by atoms with E-state index in [4.69, 9.17) is 11.6 Å². The number of halogens is 1. The molecule has 1 N–H and O–H groups in total. The monoisotopic (exact) mass is 394 g/mol. The largest absolute Gasteiger partial charge is 0.298 e. The van der Waals surface area contributed by atoms with Gasteiger partial charge in [0.05, 0.1) is 12.8 Å². The topological polar surface area (TPSA) is 67.2 Å². The van der Waals surface area contributed by atoms with Crippen molar-refractivity contribution in [3.63, 3.8) is 0 Å². The average Bonchev–Trinajstić information content (AvgIpc) is 3.28. The molecule has 2 fully saturated rings. The number of fused-ring (bicyclic) bond motifs is 2. The van der Waals surface area contributed by atoms with E-state index in [2.05, 4.69) is 14.7 Å². The molecule has 6 nitrogen and oxygen atoms in total. The number of hydrogen-bond donors (Lipinski definition) is 1. The third-order valence-electron chi connectivity index (χ3n) is 5.34. The highest BCUT2D eigenvalue weighted by Gasteiger charge is 2.37. The summed E-state index contributed by atoms with van der Waals surface area (Å²) in [5.41, 5.74) is 1.64. The summed E-state index contributed by atoms with van der Waals surface area (Å²) >= 11 is 5.97. The molecule has 0 amide bonds. The smallest absolute Gasteiger partial charge is 0.231 e. The first-order valence-electron chi connectivity index (χ1n) is 8.92. The molecule has 8 heteroatoms. The maximum atomic E-state index is 11.7. The van der Waals surface area contributed by atoms with Gasteiger partial charge in [-0.3, -0.25) is 14.3 Å². The van der Waals surface area contributed by atoms with Crippen molar-refractivity contribution in [3.8, 4) is 11.1 Å². The predicted octanol–water partition coefficient (Wildman–Crippen LogP) is 3.06. The number of sulfonamides is 1. The minimum absolute atomic E-state index is 0.359. The van der Waals surface area contributed by atoms with E-state index in [9.17, 15) is 8.42 Å². The van der Waals surface area contributed by atoms with Crippen molar-refractivity contribution in [2.45, 2.75) is 31.8 Å². The molecule has 1 saturated carbocycles. The number of rotatable bonds is 6. The summed E-state index contributed by atoms with van der Waals surface area (Å²) in [6.45, 7) is 2.88. The van der Waals surface area contributed by atoms with Crippen molar-refractivity contribution < 1.29 is 8.42 Å². The van der Waals surface area contributed by atoms with Gasteiger partial charge in [0.25, 0.3) is 0 Å². The van der Waals surface area contributed by atoms with Gasteiger partial charge in [-0.25, -0.2) is 8.42 Å². The molecule has 1 saturated heterocycles. The summed E-state index contributed by atoms with van der Waals surface area (Å²) in [7, 11) is -3.40. The fraction of sp³-hybridized carbons (Fsp3) is 0.500. The highest BCUT2D eigenvalue weighted by Crippen LogP contribution is 2.37. The van der Waals surface area contributed by atoms with Crippen LogP contribution in [0.3, 0.4) is 0 Å². The Bertz CT molecular complexity index is 894. The normalized spacial score (nSPS) is 22.8. The molecule has 2 heterocycles. The van der Waals surface area contributed by atoms with Crippen LogP contribution in [0, 0.1) is 5.92 Å². The molecule has 2 aromatic rings. The minimum Gasteiger partial charge on any atom is -0.298 e. The van der Waals surface area contributed by atoms with E-state index in [0.29, 0.717) is 10.8 Å². The highest BCUT2D eigenvalue weighted by atomic mass is 35.5. The lowest BCUT2D eigenvalue weighted by Gasteiger charge is -2.26. The molecule has 2 atom stereocenters. The molecule has 2 aliphatic rings. The van der Waals surface area contributed by atoms with Gasteiger partial charge in [-0.05, 0) is 42.9 Å². The summed E-state index contributed by atoms with van der Waals surface area (Å²) in [5, 5.41) is 5.13. The van der Waals surface area contributed by atoms with Crippen LogP contribution >= 0.6 is 11.6 Å². The molecule has 1 aromatic heterocycles. The second-order valence-electron chi connectivity index (χ2n) is 7.36. The average molecular weight is 395 g/mol. The number of likely N-dealkylation sites (tertiary alicyclic amines) is 1. The summed E-state index contributed by atoms with van der Waals surface area (Å²) in [6, 6.07) is 8.05. The maximum absolute atomic E-state index is 11.7. The van der Waals surface area contributed by atoms with E-state index < -0.39 is 10.0 Å². The van der Waals surface area contributed by atoms with Crippen LogP contribution in [0.4, 0.5) is 5.82 Å². The van der Waals surface area contributed by atoms with Crippen molar-refractivity contribution in [3.05, 3.63) is 35.5 Å². The molecule has 140 valence electrons. The first kappa shape index (κ1) is 17.8. The van der Waals surface area contributed by atoms with E-state index in [-0.39, 0.29) is 0 Å². The molecule has 1 aromatic carbocycles. The maximum Gasteiger partial charge on any atom is 0.231 e. The predicted molar refractivity (Wildman–Crippen MR) is 104 cm³/mol. The Labute approximate surface area is 159 Å². The molecule has 0 spiro atoms. The lowest BCUT2D eigenvalue weighted by Crippen LogP contribution is -2.34. The Balaban J connectivity index is 1.55. The quantitative estimate of drug-likeness (QED) is 0.817. The van der Waals surface area contributed by atoms with E-state index in [0.717, 1.165) is 42.4 Å². The lowest BCUT2D eigenvalue weighted by atomic mass is 10.1. The minimum atomic E-state index is -3.40. The van der Waals surface area contributed by atoms with Crippen LogP contribution in [0.1, 0.15) is 19.3 Å². The van der Waals surface area contributed by atoms with Gasteiger partial charge in [-0.2, -0.15) is 5.10 Å². The van der Waals surface area contributed by atoms with Crippen molar-refractivity contribution in [2.75, 3.05) is 24.1 Å². The molecule has 2 unspecified atom stereocenters. The van der Waals surface area contributed by atoms with E-state index in [1.165, 1.54) is 25.8 Å². The van der Waals surface area contributed by atoms with Crippen LogP contribution in [-0.4, -0.2) is 48.5 Å². The number of hydrogen-bond acceptors (Lipinski definition) is 4. The van der Waals surface area contributed by atoms with Gasteiger partial charge in [-0.15, -0.1) is 0 Å². The Kier molecular flexibility index (Phi) is 4.71. The van der Waals surface area contributed by atoms with Crippen LogP contribution in [0.15, 0.2) is 30.5 Å². The van der Waals surface area contributed by atoms with Gasteiger partial charge in [0, 0.05) is 35.9 Å². The Hall–Kier alpha value is -1.57. The van der Waals surface area contributed by atoms with Gasteiger partial charge in [0.2, 0.25) is 10.0 Å². The van der Waals surface area contributed by atoms with Crippen molar-refractivity contribution >= 4 is 27.4 Å². The van der Waals surface area contributed by atoms with Gasteiger partial charge in [-0.1, -0.05) is 23.7 Å². The highest BCUT2D eigenvalue weighted by molar-refractivity contribution is 7.92. The third kappa shape index (κ3) is 3.89. The number of benzene rings is 1.